The molecule has 1 aliphatic rings. The van der Waals surface area contributed by atoms with Gasteiger partial charge in [0.25, 0.3) is 5.91 Å². The number of halogens is 3. The van der Waals surface area contributed by atoms with Gasteiger partial charge in [-0.15, -0.1) is 13.2 Å². The summed E-state index contributed by atoms with van der Waals surface area (Å²) in [7, 11) is 1.65. The summed E-state index contributed by atoms with van der Waals surface area (Å²) in [6.45, 7) is 0.0639. The minimum Gasteiger partial charge on any atom is -0.476 e. The van der Waals surface area contributed by atoms with Crippen LogP contribution in [0.4, 0.5) is 30.6 Å². The van der Waals surface area contributed by atoms with Crippen molar-refractivity contribution in [3.63, 3.8) is 0 Å². The molecule has 0 spiro atoms. The Hall–Kier alpha value is -3.77. The van der Waals surface area contributed by atoms with Crippen LogP contribution in [0, 0.1) is 0 Å². The van der Waals surface area contributed by atoms with E-state index in [1.165, 1.54) is 10.7 Å². The van der Waals surface area contributed by atoms with Crippen LogP contribution in [0.25, 0.3) is 5.65 Å². The molecule has 29 heavy (non-hydrogen) atoms. The number of carbonyl (C=O) groups is 1. The van der Waals surface area contributed by atoms with Gasteiger partial charge in [0.15, 0.2) is 5.65 Å². The number of fused-ring (bicyclic) bond motifs is 3. The Bertz CT molecular complexity index is 1080. The fourth-order valence-electron chi connectivity index (χ4n) is 2.72. The van der Waals surface area contributed by atoms with Gasteiger partial charge in [-0.3, -0.25) is 4.79 Å². The zero-order valence-electron chi connectivity index (χ0n) is 14.9. The second kappa shape index (κ2) is 7.00. The molecule has 3 aromatic heterocycles. The molecule has 0 radical (unpaired) electrons. The first-order chi connectivity index (χ1) is 13.8. The quantitative estimate of drug-likeness (QED) is 0.588. The Morgan fingerprint density at radius 1 is 1.24 bits per heavy atom. The fourth-order valence-corrected chi connectivity index (χ4v) is 2.72. The van der Waals surface area contributed by atoms with Gasteiger partial charge in [0.05, 0.1) is 12.7 Å². The first kappa shape index (κ1) is 18.6. The molecule has 1 aliphatic heterocycles. The van der Waals surface area contributed by atoms with E-state index in [0.29, 0.717) is 5.82 Å². The Morgan fingerprint density at radius 3 is 2.79 bits per heavy atom. The van der Waals surface area contributed by atoms with Gasteiger partial charge in [0, 0.05) is 25.2 Å². The van der Waals surface area contributed by atoms with Crippen molar-refractivity contribution in [2.45, 2.75) is 6.36 Å². The van der Waals surface area contributed by atoms with Crippen LogP contribution in [-0.4, -0.2) is 52.1 Å². The van der Waals surface area contributed by atoms with Crippen LogP contribution in [0.1, 0.15) is 10.4 Å². The van der Waals surface area contributed by atoms with Crippen molar-refractivity contribution in [2.75, 3.05) is 30.8 Å². The molecule has 0 aliphatic carbocycles. The molecule has 0 atom stereocenters. The van der Waals surface area contributed by atoms with E-state index < -0.39 is 18.0 Å². The molecule has 0 saturated carbocycles. The van der Waals surface area contributed by atoms with E-state index in [0.717, 1.165) is 12.1 Å². The molecule has 0 aromatic carbocycles. The summed E-state index contributed by atoms with van der Waals surface area (Å²) in [4.78, 5) is 20.9. The van der Waals surface area contributed by atoms with Gasteiger partial charge >= 0.3 is 6.36 Å². The van der Waals surface area contributed by atoms with E-state index >= 15 is 0 Å². The van der Waals surface area contributed by atoms with Gasteiger partial charge in [-0.1, -0.05) is 0 Å². The molecule has 10 nitrogen and oxygen atoms in total. The normalized spacial score (nSPS) is 14.1. The maximum absolute atomic E-state index is 12.6. The largest absolute Gasteiger partial charge is 0.573 e. The van der Waals surface area contributed by atoms with E-state index in [1.54, 1.807) is 13.1 Å². The zero-order chi connectivity index (χ0) is 20.6. The topological polar surface area (TPSA) is 115 Å². The molecular formula is C16H14F3N7O3. The standard InChI is InChI=1S/C16H14F3N7O3/c1-20-12-6-11-23-10-4-8(29-16(17,18)19)5-13(24-10)28-3-2-21-15(27)9-7-22-26(12)14(9)25-11/h4-7,20H,2-3H2,1H3,(H,21,27)(H,23,24,25). The van der Waals surface area contributed by atoms with E-state index in [4.69, 9.17) is 4.74 Å². The van der Waals surface area contributed by atoms with Gasteiger partial charge in [0.2, 0.25) is 5.88 Å². The first-order valence-corrected chi connectivity index (χ1v) is 8.35. The molecule has 4 heterocycles. The van der Waals surface area contributed by atoms with Crippen molar-refractivity contribution in [1.29, 1.82) is 0 Å². The average Bonchev–Trinajstić information content (AvgIpc) is 3.06. The molecule has 1 amide bonds. The highest BCUT2D eigenvalue weighted by molar-refractivity contribution is 6.00. The molecular weight excluding hydrogens is 395 g/mol. The summed E-state index contributed by atoms with van der Waals surface area (Å²) in [6.07, 6.45) is -3.51. The molecule has 3 aromatic rings. The van der Waals surface area contributed by atoms with Crippen molar-refractivity contribution >= 4 is 29.0 Å². The highest BCUT2D eigenvalue weighted by Gasteiger charge is 2.31. The van der Waals surface area contributed by atoms with Crippen molar-refractivity contribution in [2.24, 2.45) is 0 Å². The minimum absolute atomic E-state index is 0.0141. The first-order valence-electron chi connectivity index (χ1n) is 8.35. The number of ether oxygens (including phenoxy) is 2. The molecule has 4 rings (SSSR count). The van der Waals surface area contributed by atoms with Gasteiger partial charge in [-0.2, -0.15) is 14.6 Å². The maximum Gasteiger partial charge on any atom is 0.573 e. The number of anilines is 3. The van der Waals surface area contributed by atoms with Crippen LogP contribution in [0.15, 0.2) is 24.4 Å². The number of carbonyl (C=O) groups excluding carboxylic acids is 1. The van der Waals surface area contributed by atoms with Crippen LogP contribution in [0.3, 0.4) is 0 Å². The number of pyridine rings is 1. The third-order valence-corrected chi connectivity index (χ3v) is 3.88. The lowest BCUT2D eigenvalue weighted by atomic mass is 10.3. The number of alkyl halides is 3. The number of nitrogens with zero attached hydrogens (tertiary/aromatic N) is 4. The number of rotatable bonds is 2. The van der Waals surface area contributed by atoms with Crippen molar-refractivity contribution in [1.82, 2.24) is 24.9 Å². The molecule has 152 valence electrons. The number of hydrogen-bond acceptors (Lipinski definition) is 8. The summed E-state index contributed by atoms with van der Waals surface area (Å²) in [5.41, 5.74) is 0.477. The third-order valence-electron chi connectivity index (χ3n) is 3.88. The third kappa shape index (κ3) is 3.93. The highest BCUT2D eigenvalue weighted by atomic mass is 19.4. The Kier molecular flexibility index (Phi) is 4.48. The lowest BCUT2D eigenvalue weighted by Crippen LogP contribution is -2.28. The SMILES string of the molecule is CNc1cc2nc3c(cnn13)C(=O)NCCOc1cc(OC(F)(F)F)cc(n1)N2. The summed E-state index contributed by atoms with van der Waals surface area (Å²) in [6, 6.07) is 3.62. The van der Waals surface area contributed by atoms with Crippen LogP contribution < -0.4 is 25.4 Å². The van der Waals surface area contributed by atoms with Gasteiger partial charge < -0.3 is 25.4 Å². The van der Waals surface area contributed by atoms with Crippen LogP contribution >= 0.6 is 0 Å². The average molecular weight is 409 g/mol. The molecule has 3 N–H and O–H groups in total. The van der Waals surface area contributed by atoms with Crippen molar-refractivity contribution < 1.29 is 27.4 Å². The lowest BCUT2D eigenvalue weighted by molar-refractivity contribution is -0.274. The summed E-state index contributed by atoms with van der Waals surface area (Å²) < 4.78 is 48.7. The summed E-state index contributed by atoms with van der Waals surface area (Å²) >= 11 is 0. The Labute approximate surface area is 161 Å². The fraction of sp³-hybridized carbons (Fsp3) is 0.250. The predicted octanol–water partition coefficient (Wildman–Crippen LogP) is 1.93. The molecule has 13 heteroatoms. The summed E-state index contributed by atoms with van der Waals surface area (Å²) in [5.74, 6) is -0.316. The Balaban J connectivity index is 1.82. The highest BCUT2D eigenvalue weighted by Crippen LogP contribution is 2.30. The molecule has 0 saturated heterocycles. The zero-order valence-corrected chi connectivity index (χ0v) is 14.9. The van der Waals surface area contributed by atoms with Gasteiger partial charge in [-0.05, 0) is 0 Å². The maximum atomic E-state index is 12.6. The molecule has 0 unspecified atom stereocenters. The Morgan fingerprint density at radius 2 is 2.03 bits per heavy atom. The van der Waals surface area contributed by atoms with Crippen LogP contribution in [-0.2, 0) is 0 Å². The minimum atomic E-state index is -4.88. The van der Waals surface area contributed by atoms with E-state index in [-0.39, 0.29) is 41.9 Å². The van der Waals surface area contributed by atoms with E-state index in [9.17, 15) is 18.0 Å². The summed E-state index contributed by atoms with van der Waals surface area (Å²) in [5, 5.41) is 12.5. The monoisotopic (exact) mass is 409 g/mol. The lowest BCUT2D eigenvalue weighted by Gasteiger charge is -2.13. The van der Waals surface area contributed by atoms with Crippen molar-refractivity contribution in [3.8, 4) is 11.6 Å². The van der Waals surface area contributed by atoms with E-state index in [1.807, 2.05) is 0 Å². The second-order valence-electron chi connectivity index (χ2n) is 5.87. The number of amides is 1. The van der Waals surface area contributed by atoms with Gasteiger partial charge in [0.1, 0.15) is 35.4 Å². The number of aromatic nitrogens is 4. The van der Waals surface area contributed by atoms with Crippen molar-refractivity contribution in [3.05, 3.63) is 30.0 Å². The van der Waals surface area contributed by atoms with Gasteiger partial charge in [-0.25, -0.2) is 4.98 Å². The number of hydrogen-bond donors (Lipinski definition) is 3. The van der Waals surface area contributed by atoms with Crippen LogP contribution in [0.5, 0.6) is 11.6 Å². The molecule has 0 fully saturated rings. The predicted molar refractivity (Wildman–Crippen MR) is 94.6 cm³/mol. The second-order valence-corrected chi connectivity index (χ2v) is 5.87. The number of nitrogens with one attached hydrogen (secondary N) is 3. The smallest absolute Gasteiger partial charge is 0.476 e. The van der Waals surface area contributed by atoms with E-state index in [2.05, 4.69) is 35.8 Å². The van der Waals surface area contributed by atoms with Crippen LogP contribution in [0.2, 0.25) is 0 Å². The molecule has 4 bridgehead atoms.